The van der Waals surface area contributed by atoms with Crippen LogP contribution in [0.2, 0.25) is 0 Å². The molecule has 2 N–H and O–H groups in total. The third kappa shape index (κ3) is 2.99. The molecule has 0 radical (unpaired) electrons. The molecule has 114 valence electrons. The van der Waals surface area contributed by atoms with E-state index in [0.29, 0.717) is 4.47 Å². The van der Waals surface area contributed by atoms with Gasteiger partial charge in [0.1, 0.15) is 5.82 Å². The van der Waals surface area contributed by atoms with Crippen LogP contribution in [0, 0.1) is 5.82 Å². The van der Waals surface area contributed by atoms with E-state index in [1.807, 2.05) is 30.3 Å². The predicted octanol–water partition coefficient (Wildman–Crippen LogP) is 4.79. The summed E-state index contributed by atoms with van der Waals surface area (Å²) in [4.78, 5) is 12.2. The summed E-state index contributed by atoms with van der Waals surface area (Å²) in [5.41, 5.74) is 0.924. The first-order valence-electron chi connectivity index (χ1n) is 7.19. The molecule has 22 heavy (non-hydrogen) atoms. The highest BCUT2D eigenvalue weighted by molar-refractivity contribution is 9.10. The molecule has 5 heteroatoms. The monoisotopic (exact) mass is 362 g/mol. The first-order chi connectivity index (χ1) is 10.6. The molecule has 3 nitrogen and oxygen atoms in total. The highest BCUT2D eigenvalue weighted by Gasteiger charge is 2.39. The Morgan fingerprint density at radius 2 is 1.86 bits per heavy atom. The molecular weight excluding hydrogens is 347 g/mol. The molecule has 2 aromatic rings. The number of urea groups is 1. The second kappa shape index (κ2) is 6.08. The topological polar surface area (TPSA) is 41.1 Å². The van der Waals surface area contributed by atoms with Crippen LogP contribution >= 0.6 is 15.9 Å². The smallest absolute Gasteiger partial charge is 0.320 e. The number of benzene rings is 2. The number of amides is 2. The maximum absolute atomic E-state index is 13.8. The van der Waals surface area contributed by atoms with Gasteiger partial charge >= 0.3 is 6.03 Å². The third-order valence-electron chi connectivity index (χ3n) is 4.07. The van der Waals surface area contributed by atoms with Crippen molar-refractivity contribution in [2.45, 2.75) is 24.8 Å². The summed E-state index contributed by atoms with van der Waals surface area (Å²) in [6.07, 6.45) is 2.86. The number of anilines is 1. The van der Waals surface area contributed by atoms with E-state index in [4.69, 9.17) is 0 Å². The lowest BCUT2D eigenvalue weighted by atomic mass is 9.72. The van der Waals surface area contributed by atoms with Gasteiger partial charge in [0.2, 0.25) is 0 Å². The summed E-state index contributed by atoms with van der Waals surface area (Å²) in [5, 5.41) is 5.59. The second-order valence-corrected chi connectivity index (χ2v) is 6.42. The maximum Gasteiger partial charge on any atom is 0.320 e. The largest absolute Gasteiger partial charge is 0.328 e. The minimum atomic E-state index is -0.466. The minimum absolute atomic E-state index is 0.170. The van der Waals surface area contributed by atoms with Crippen molar-refractivity contribution in [2.24, 2.45) is 0 Å². The van der Waals surface area contributed by atoms with Crippen LogP contribution in [-0.4, -0.2) is 6.03 Å². The molecule has 0 saturated heterocycles. The van der Waals surface area contributed by atoms with Gasteiger partial charge in [-0.1, -0.05) is 46.3 Å². The van der Waals surface area contributed by atoms with Crippen molar-refractivity contribution in [2.75, 3.05) is 5.32 Å². The Balaban J connectivity index is 1.73. The Bertz CT molecular complexity index is 686. The van der Waals surface area contributed by atoms with E-state index in [2.05, 4.69) is 26.6 Å². The van der Waals surface area contributed by atoms with Crippen molar-refractivity contribution in [3.63, 3.8) is 0 Å². The highest BCUT2D eigenvalue weighted by atomic mass is 79.9. The molecule has 0 spiro atoms. The Morgan fingerprint density at radius 1 is 1.14 bits per heavy atom. The van der Waals surface area contributed by atoms with Crippen LogP contribution in [0.5, 0.6) is 0 Å². The van der Waals surface area contributed by atoms with Gasteiger partial charge in [-0.25, -0.2) is 9.18 Å². The number of hydrogen-bond acceptors (Lipinski definition) is 1. The van der Waals surface area contributed by atoms with E-state index in [1.54, 1.807) is 6.07 Å². The van der Waals surface area contributed by atoms with Gasteiger partial charge in [-0.15, -0.1) is 0 Å². The molecule has 0 bridgehead atoms. The van der Waals surface area contributed by atoms with E-state index in [0.717, 1.165) is 24.8 Å². The zero-order chi connectivity index (χ0) is 15.6. The SMILES string of the molecule is O=C(Nc1ccc(Br)cc1F)NC1(c2ccccc2)CCC1. The molecule has 0 atom stereocenters. The minimum Gasteiger partial charge on any atom is -0.328 e. The summed E-state index contributed by atoms with van der Waals surface area (Å²) >= 11 is 3.19. The van der Waals surface area contributed by atoms with Gasteiger partial charge in [-0.2, -0.15) is 0 Å². The average Bonchev–Trinajstić information content (AvgIpc) is 2.47. The molecule has 0 aliphatic heterocycles. The normalized spacial score (nSPS) is 15.7. The number of carbonyl (C=O) groups is 1. The van der Waals surface area contributed by atoms with Gasteiger partial charge in [-0.3, -0.25) is 0 Å². The molecule has 0 heterocycles. The molecule has 1 aliphatic carbocycles. The lowest BCUT2D eigenvalue weighted by Gasteiger charge is -2.43. The van der Waals surface area contributed by atoms with Crippen LogP contribution in [0.15, 0.2) is 53.0 Å². The van der Waals surface area contributed by atoms with Crippen molar-refractivity contribution < 1.29 is 9.18 Å². The number of halogens is 2. The molecule has 2 amide bonds. The quantitative estimate of drug-likeness (QED) is 0.809. The van der Waals surface area contributed by atoms with Crippen molar-refractivity contribution in [3.05, 3.63) is 64.4 Å². The summed E-state index contributed by atoms with van der Waals surface area (Å²) < 4.78 is 14.4. The van der Waals surface area contributed by atoms with Crippen molar-refractivity contribution in [3.8, 4) is 0 Å². The van der Waals surface area contributed by atoms with Gasteiger partial charge in [0, 0.05) is 4.47 Å². The van der Waals surface area contributed by atoms with E-state index in [9.17, 15) is 9.18 Å². The van der Waals surface area contributed by atoms with Crippen LogP contribution in [0.1, 0.15) is 24.8 Å². The van der Waals surface area contributed by atoms with Crippen molar-refractivity contribution >= 4 is 27.6 Å². The molecule has 3 rings (SSSR count). The zero-order valence-corrected chi connectivity index (χ0v) is 13.5. The summed E-state index contributed by atoms with van der Waals surface area (Å²) in [6, 6.07) is 14.1. The van der Waals surface area contributed by atoms with Gasteiger partial charge < -0.3 is 10.6 Å². The Kier molecular flexibility index (Phi) is 4.16. The number of rotatable bonds is 3. The highest BCUT2D eigenvalue weighted by Crippen LogP contribution is 2.41. The van der Waals surface area contributed by atoms with Crippen LogP contribution < -0.4 is 10.6 Å². The summed E-state index contributed by atoms with van der Waals surface area (Å²) in [7, 11) is 0. The van der Waals surface area contributed by atoms with E-state index < -0.39 is 5.82 Å². The zero-order valence-electron chi connectivity index (χ0n) is 11.9. The fraction of sp³-hybridized carbons (Fsp3) is 0.235. The lowest BCUT2D eigenvalue weighted by molar-refractivity contribution is 0.185. The van der Waals surface area contributed by atoms with E-state index in [-0.39, 0.29) is 17.3 Å². The molecule has 1 aliphatic rings. The maximum atomic E-state index is 13.8. The first kappa shape index (κ1) is 15.0. The summed E-state index contributed by atoms with van der Waals surface area (Å²) in [5.74, 6) is -0.466. The Morgan fingerprint density at radius 3 is 2.45 bits per heavy atom. The number of hydrogen-bond donors (Lipinski definition) is 2. The second-order valence-electron chi connectivity index (χ2n) is 5.50. The molecule has 0 unspecified atom stereocenters. The molecule has 0 aromatic heterocycles. The third-order valence-corrected chi connectivity index (χ3v) is 4.56. The van der Waals surface area contributed by atoms with Crippen LogP contribution in [-0.2, 0) is 5.54 Å². The first-order valence-corrected chi connectivity index (χ1v) is 7.98. The van der Waals surface area contributed by atoms with Crippen molar-refractivity contribution in [1.29, 1.82) is 0 Å². The molecule has 2 aromatic carbocycles. The molecular formula is C17H16BrFN2O. The van der Waals surface area contributed by atoms with Gasteiger partial charge in [0.15, 0.2) is 0 Å². The fourth-order valence-corrected chi connectivity index (χ4v) is 3.07. The van der Waals surface area contributed by atoms with E-state index >= 15 is 0 Å². The van der Waals surface area contributed by atoms with Crippen LogP contribution in [0.4, 0.5) is 14.9 Å². The summed E-state index contributed by atoms with van der Waals surface area (Å²) in [6.45, 7) is 0. The molecule has 1 fully saturated rings. The van der Waals surface area contributed by atoms with Crippen LogP contribution in [0.3, 0.4) is 0 Å². The Hall–Kier alpha value is -1.88. The number of nitrogens with one attached hydrogen (secondary N) is 2. The van der Waals surface area contributed by atoms with Crippen LogP contribution in [0.25, 0.3) is 0 Å². The van der Waals surface area contributed by atoms with Gasteiger partial charge in [0.25, 0.3) is 0 Å². The predicted molar refractivity (Wildman–Crippen MR) is 88.2 cm³/mol. The lowest BCUT2D eigenvalue weighted by Crippen LogP contribution is -2.52. The van der Waals surface area contributed by atoms with E-state index in [1.165, 1.54) is 12.1 Å². The number of carbonyl (C=O) groups excluding carboxylic acids is 1. The standard InChI is InChI=1S/C17H16BrFN2O/c18-13-7-8-15(14(19)11-13)20-16(22)21-17(9-4-10-17)12-5-2-1-3-6-12/h1-3,5-8,11H,4,9-10H2,(H2,20,21,22). The fourth-order valence-electron chi connectivity index (χ4n) is 2.74. The van der Waals surface area contributed by atoms with Gasteiger partial charge in [0.05, 0.1) is 11.2 Å². The van der Waals surface area contributed by atoms with Crippen molar-refractivity contribution in [1.82, 2.24) is 5.32 Å². The van der Waals surface area contributed by atoms with Gasteiger partial charge in [-0.05, 0) is 43.0 Å². The Labute approximate surface area is 137 Å². The molecule has 1 saturated carbocycles. The average molecular weight is 363 g/mol.